The van der Waals surface area contributed by atoms with Crippen molar-refractivity contribution in [3.8, 4) is 11.5 Å². The lowest BCUT2D eigenvalue weighted by molar-refractivity contribution is -0.123. The van der Waals surface area contributed by atoms with Crippen LogP contribution in [0, 0.1) is 5.92 Å². The van der Waals surface area contributed by atoms with Gasteiger partial charge in [-0.05, 0) is 30.9 Å². The predicted molar refractivity (Wildman–Crippen MR) is 96.6 cm³/mol. The maximum Gasteiger partial charge on any atom is 0.276 e. The van der Waals surface area contributed by atoms with Gasteiger partial charge in [0.1, 0.15) is 6.26 Å². The van der Waals surface area contributed by atoms with Crippen molar-refractivity contribution in [2.75, 3.05) is 33.4 Å². The first-order valence-corrected chi connectivity index (χ1v) is 8.89. The molecule has 2 amide bonds. The van der Waals surface area contributed by atoms with Crippen LogP contribution in [0.25, 0.3) is 0 Å². The van der Waals surface area contributed by atoms with Crippen LogP contribution in [0.5, 0.6) is 11.5 Å². The van der Waals surface area contributed by atoms with Gasteiger partial charge in [0.05, 0.1) is 7.11 Å². The summed E-state index contributed by atoms with van der Waals surface area (Å²) in [5.74, 6) is 0.960. The van der Waals surface area contributed by atoms with E-state index >= 15 is 0 Å². The number of aromatic nitrogens is 1. The molecule has 8 heteroatoms. The number of carbonyl (C=O) groups excluding carboxylic acids is 2. The van der Waals surface area contributed by atoms with Gasteiger partial charge in [-0.15, -0.1) is 0 Å². The van der Waals surface area contributed by atoms with Gasteiger partial charge in [0.15, 0.2) is 23.8 Å². The van der Waals surface area contributed by atoms with E-state index in [0.29, 0.717) is 36.8 Å². The zero-order valence-electron chi connectivity index (χ0n) is 15.2. The summed E-state index contributed by atoms with van der Waals surface area (Å²) in [7, 11) is 1.55. The van der Waals surface area contributed by atoms with Crippen LogP contribution in [0.2, 0.25) is 0 Å². The van der Waals surface area contributed by atoms with Crippen molar-refractivity contribution in [2.24, 2.45) is 5.92 Å². The van der Waals surface area contributed by atoms with Gasteiger partial charge >= 0.3 is 0 Å². The van der Waals surface area contributed by atoms with Gasteiger partial charge < -0.3 is 24.2 Å². The fourth-order valence-electron chi connectivity index (χ4n) is 3.09. The van der Waals surface area contributed by atoms with Crippen molar-refractivity contribution in [1.29, 1.82) is 0 Å². The lowest BCUT2D eigenvalue weighted by Gasteiger charge is -2.32. The summed E-state index contributed by atoms with van der Waals surface area (Å²) in [6.07, 6.45) is 3.23. The van der Waals surface area contributed by atoms with E-state index in [1.54, 1.807) is 30.2 Å². The molecule has 1 aliphatic heterocycles. The smallest absolute Gasteiger partial charge is 0.276 e. The molecule has 8 nitrogen and oxygen atoms in total. The van der Waals surface area contributed by atoms with Gasteiger partial charge in [0.25, 0.3) is 11.8 Å². The van der Waals surface area contributed by atoms with Crippen LogP contribution in [0.4, 0.5) is 0 Å². The number of nitrogens with zero attached hydrogens (tertiary/aromatic N) is 2. The summed E-state index contributed by atoms with van der Waals surface area (Å²) >= 11 is 0. The normalized spacial score (nSPS) is 16.6. The molecule has 1 N–H and O–H groups in total. The monoisotopic (exact) mass is 373 g/mol. The van der Waals surface area contributed by atoms with E-state index in [0.717, 1.165) is 12.8 Å². The summed E-state index contributed by atoms with van der Waals surface area (Å²) in [6, 6.07) is 8.73. The molecule has 0 spiro atoms. The van der Waals surface area contributed by atoms with Gasteiger partial charge in [-0.3, -0.25) is 9.59 Å². The van der Waals surface area contributed by atoms with E-state index in [-0.39, 0.29) is 24.3 Å². The molecule has 1 unspecified atom stereocenters. The third-order valence-corrected chi connectivity index (χ3v) is 4.48. The first-order valence-electron chi connectivity index (χ1n) is 8.89. The maximum absolute atomic E-state index is 12.3. The van der Waals surface area contributed by atoms with Crippen LogP contribution < -0.4 is 14.8 Å². The van der Waals surface area contributed by atoms with Gasteiger partial charge in [0, 0.05) is 25.7 Å². The molecule has 1 saturated heterocycles. The molecule has 1 aromatic carbocycles. The molecule has 0 aliphatic carbocycles. The fourth-order valence-corrected chi connectivity index (χ4v) is 3.09. The van der Waals surface area contributed by atoms with E-state index in [2.05, 4.69) is 10.5 Å². The van der Waals surface area contributed by atoms with Crippen LogP contribution in [-0.2, 0) is 4.79 Å². The Hall–Kier alpha value is -3.03. The highest BCUT2D eigenvalue weighted by atomic mass is 16.5. The summed E-state index contributed by atoms with van der Waals surface area (Å²) in [6.45, 7) is 1.68. The minimum atomic E-state index is -0.208. The van der Waals surface area contributed by atoms with Gasteiger partial charge in [0.2, 0.25) is 0 Å². The molecule has 1 atom stereocenters. The number of para-hydroxylation sites is 2. The van der Waals surface area contributed by atoms with Crippen molar-refractivity contribution < 1.29 is 23.6 Å². The predicted octanol–water partition coefficient (Wildman–Crippen LogP) is 1.73. The number of carbonyl (C=O) groups is 2. The lowest BCUT2D eigenvalue weighted by atomic mass is 9.97. The summed E-state index contributed by atoms with van der Waals surface area (Å²) in [4.78, 5) is 26.2. The third-order valence-electron chi connectivity index (χ3n) is 4.48. The Balaban J connectivity index is 1.44. The van der Waals surface area contributed by atoms with Crippen molar-refractivity contribution in [3.05, 3.63) is 42.3 Å². The van der Waals surface area contributed by atoms with E-state index in [9.17, 15) is 9.59 Å². The second kappa shape index (κ2) is 9.07. The number of piperidine rings is 1. The lowest BCUT2D eigenvalue weighted by Crippen LogP contribution is -2.44. The Labute approximate surface area is 157 Å². The van der Waals surface area contributed by atoms with E-state index in [4.69, 9.17) is 14.0 Å². The molecule has 1 aromatic heterocycles. The second-order valence-corrected chi connectivity index (χ2v) is 6.39. The number of nitrogens with one attached hydrogen (secondary N) is 1. The summed E-state index contributed by atoms with van der Waals surface area (Å²) in [5.41, 5.74) is 0.310. The van der Waals surface area contributed by atoms with Crippen LogP contribution >= 0.6 is 0 Å². The molecule has 2 aromatic rings. The number of hydrogen-bond acceptors (Lipinski definition) is 6. The topological polar surface area (TPSA) is 93.9 Å². The fraction of sp³-hybridized carbons (Fsp3) is 0.421. The number of methoxy groups -OCH3 is 1. The highest BCUT2D eigenvalue weighted by molar-refractivity contribution is 5.92. The van der Waals surface area contributed by atoms with E-state index in [1.165, 1.54) is 6.26 Å². The van der Waals surface area contributed by atoms with Gasteiger partial charge in [-0.2, -0.15) is 0 Å². The van der Waals surface area contributed by atoms with Crippen LogP contribution in [0.15, 0.2) is 41.1 Å². The zero-order chi connectivity index (χ0) is 19.1. The molecule has 27 heavy (non-hydrogen) atoms. The number of likely N-dealkylation sites (tertiary alicyclic amines) is 1. The quantitative estimate of drug-likeness (QED) is 0.794. The van der Waals surface area contributed by atoms with E-state index < -0.39 is 0 Å². The summed E-state index contributed by atoms with van der Waals surface area (Å²) in [5, 5.41) is 6.57. The van der Waals surface area contributed by atoms with Crippen LogP contribution in [0.1, 0.15) is 23.3 Å². The number of amides is 2. The maximum atomic E-state index is 12.3. The second-order valence-electron chi connectivity index (χ2n) is 6.39. The molecular formula is C19H23N3O5. The molecule has 0 bridgehead atoms. The molecule has 1 fully saturated rings. The minimum Gasteiger partial charge on any atom is -0.493 e. The van der Waals surface area contributed by atoms with Crippen LogP contribution in [0.3, 0.4) is 0 Å². The number of hydrogen-bond donors (Lipinski definition) is 1. The Morgan fingerprint density at radius 2 is 2.11 bits per heavy atom. The average Bonchev–Trinajstić information content (AvgIpc) is 3.25. The molecular weight excluding hydrogens is 350 g/mol. The zero-order valence-corrected chi connectivity index (χ0v) is 15.2. The number of rotatable bonds is 7. The molecule has 0 saturated carbocycles. The first kappa shape index (κ1) is 18.8. The highest BCUT2D eigenvalue weighted by Crippen LogP contribution is 2.25. The Kier molecular flexibility index (Phi) is 6.30. The third kappa shape index (κ3) is 4.99. The Bertz CT molecular complexity index is 762. The molecule has 0 radical (unpaired) electrons. The van der Waals surface area contributed by atoms with Crippen molar-refractivity contribution >= 4 is 11.8 Å². The van der Waals surface area contributed by atoms with Gasteiger partial charge in [-0.1, -0.05) is 17.3 Å². The first-order chi connectivity index (χ1) is 13.2. The summed E-state index contributed by atoms with van der Waals surface area (Å²) < 4.78 is 15.4. The van der Waals surface area contributed by atoms with Crippen molar-refractivity contribution in [3.63, 3.8) is 0 Å². The standard InChI is InChI=1S/C19H23N3O5/c1-25-16-6-2-3-7-17(16)26-13-18(23)20-11-14-5-4-9-22(12-14)19(24)15-8-10-27-21-15/h2-3,6-8,10,14H,4-5,9,11-13H2,1H3,(H,20,23). The minimum absolute atomic E-state index is 0.0886. The molecule has 144 valence electrons. The number of ether oxygens (including phenoxy) is 2. The van der Waals surface area contributed by atoms with Crippen LogP contribution in [-0.4, -0.2) is 55.2 Å². The Morgan fingerprint density at radius 1 is 1.30 bits per heavy atom. The molecule has 3 rings (SSSR count). The highest BCUT2D eigenvalue weighted by Gasteiger charge is 2.26. The van der Waals surface area contributed by atoms with Crippen molar-refractivity contribution in [1.82, 2.24) is 15.4 Å². The van der Waals surface area contributed by atoms with Gasteiger partial charge in [-0.25, -0.2) is 0 Å². The SMILES string of the molecule is COc1ccccc1OCC(=O)NCC1CCCN(C(=O)c2ccon2)C1. The molecule has 2 heterocycles. The average molecular weight is 373 g/mol. The van der Waals surface area contributed by atoms with Crippen molar-refractivity contribution in [2.45, 2.75) is 12.8 Å². The molecule has 1 aliphatic rings. The number of benzene rings is 1. The largest absolute Gasteiger partial charge is 0.493 e. The Morgan fingerprint density at radius 3 is 2.85 bits per heavy atom. The van der Waals surface area contributed by atoms with E-state index in [1.807, 2.05) is 12.1 Å².